The molecule has 176 valence electrons. The number of nitrogens with zero attached hydrogens (tertiary/aromatic N) is 1. The van der Waals surface area contributed by atoms with E-state index in [1.807, 2.05) is 37.3 Å². The van der Waals surface area contributed by atoms with Crippen molar-refractivity contribution in [2.45, 2.75) is 52.2 Å². The van der Waals surface area contributed by atoms with Gasteiger partial charge in [-0.15, -0.1) is 0 Å². The lowest BCUT2D eigenvalue weighted by Gasteiger charge is -2.44. The van der Waals surface area contributed by atoms with E-state index < -0.39 is 6.09 Å². The molecule has 1 amide bonds. The van der Waals surface area contributed by atoms with E-state index in [9.17, 15) is 4.79 Å². The summed E-state index contributed by atoms with van der Waals surface area (Å²) in [5, 5.41) is 3.08. The zero-order valence-electron chi connectivity index (χ0n) is 19.7. The molecule has 0 aromatic heterocycles. The van der Waals surface area contributed by atoms with E-state index in [2.05, 4.69) is 24.1 Å². The van der Waals surface area contributed by atoms with Crippen molar-refractivity contribution in [3.8, 4) is 16.9 Å². The van der Waals surface area contributed by atoms with E-state index >= 15 is 4.39 Å². The van der Waals surface area contributed by atoms with E-state index in [4.69, 9.17) is 9.47 Å². The van der Waals surface area contributed by atoms with Gasteiger partial charge in [-0.2, -0.15) is 0 Å². The number of halogens is 1. The molecule has 1 unspecified atom stereocenters. The van der Waals surface area contributed by atoms with Crippen molar-refractivity contribution in [3.05, 3.63) is 53.3 Å². The third-order valence-corrected chi connectivity index (χ3v) is 7.56. The minimum absolute atomic E-state index is 0.0461. The summed E-state index contributed by atoms with van der Waals surface area (Å²) in [7, 11) is 0. The largest absolute Gasteiger partial charge is 0.494 e. The highest BCUT2D eigenvalue weighted by molar-refractivity contribution is 5.70. The van der Waals surface area contributed by atoms with Crippen LogP contribution in [0.3, 0.4) is 0 Å². The average molecular weight is 453 g/mol. The van der Waals surface area contributed by atoms with Gasteiger partial charge in [0.25, 0.3) is 0 Å². The first-order chi connectivity index (χ1) is 15.8. The molecule has 0 radical (unpaired) electrons. The Morgan fingerprint density at radius 1 is 1.18 bits per heavy atom. The van der Waals surface area contributed by atoms with Gasteiger partial charge < -0.3 is 14.8 Å². The number of carbonyl (C=O) groups is 1. The van der Waals surface area contributed by atoms with Crippen LogP contribution in [0.2, 0.25) is 0 Å². The van der Waals surface area contributed by atoms with E-state index in [0.29, 0.717) is 18.1 Å². The van der Waals surface area contributed by atoms with E-state index in [-0.39, 0.29) is 23.4 Å². The summed E-state index contributed by atoms with van der Waals surface area (Å²) in [6, 6.07) is 10.7. The number of alkyl carbamates (subject to hydrolysis) is 1. The van der Waals surface area contributed by atoms with Crippen LogP contribution in [-0.2, 0) is 11.2 Å². The normalized spacial score (nSPS) is 27.2. The first-order valence-electron chi connectivity index (χ1n) is 12.1. The second kappa shape index (κ2) is 8.64. The Hall–Kier alpha value is -2.60. The average Bonchev–Trinajstić information content (AvgIpc) is 3.03. The van der Waals surface area contributed by atoms with Crippen molar-refractivity contribution >= 4 is 6.09 Å². The Kier molecular flexibility index (Phi) is 5.81. The van der Waals surface area contributed by atoms with Crippen LogP contribution < -0.4 is 10.1 Å². The monoisotopic (exact) mass is 452 g/mol. The maximum Gasteiger partial charge on any atom is 0.407 e. The molecule has 2 atom stereocenters. The molecule has 0 spiro atoms. The number of benzene rings is 2. The van der Waals surface area contributed by atoms with Gasteiger partial charge >= 0.3 is 6.09 Å². The molecule has 2 aromatic rings. The fourth-order valence-corrected chi connectivity index (χ4v) is 5.79. The minimum Gasteiger partial charge on any atom is -0.494 e. The highest BCUT2D eigenvalue weighted by Gasteiger charge is 2.42. The summed E-state index contributed by atoms with van der Waals surface area (Å²) in [6.07, 6.45) is 2.51. The Morgan fingerprint density at radius 3 is 2.55 bits per heavy atom. The van der Waals surface area contributed by atoms with Crippen molar-refractivity contribution < 1.29 is 18.7 Å². The van der Waals surface area contributed by atoms with Gasteiger partial charge in [0.1, 0.15) is 17.7 Å². The third-order valence-electron chi connectivity index (χ3n) is 7.56. The van der Waals surface area contributed by atoms with Crippen molar-refractivity contribution in [1.29, 1.82) is 0 Å². The molecule has 3 aliphatic heterocycles. The number of hydrogen-bond acceptors (Lipinski definition) is 4. The second-order valence-electron chi connectivity index (χ2n) is 10.3. The highest BCUT2D eigenvalue weighted by Crippen LogP contribution is 2.47. The Bertz CT molecular complexity index is 1030. The molecule has 6 heteroatoms. The highest BCUT2D eigenvalue weighted by atomic mass is 19.1. The molecule has 6 rings (SSSR count). The zero-order chi connectivity index (χ0) is 23.2. The first-order valence-corrected chi connectivity index (χ1v) is 12.1. The van der Waals surface area contributed by atoms with Gasteiger partial charge in [-0.25, -0.2) is 9.18 Å². The lowest BCUT2D eigenvalue weighted by molar-refractivity contribution is -0.0349. The third kappa shape index (κ3) is 4.33. The lowest BCUT2D eigenvalue weighted by Crippen LogP contribution is -2.53. The van der Waals surface area contributed by atoms with Gasteiger partial charge in [0.2, 0.25) is 0 Å². The number of ether oxygens (including phenoxy) is 2. The van der Waals surface area contributed by atoms with Gasteiger partial charge in [0.15, 0.2) is 0 Å². The minimum atomic E-state index is -0.393. The van der Waals surface area contributed by atoms with Gasteiger partial charge in [-0.3, -0.25) is 4.90 Å². The molecular weight excluding hydrogens is 419 g/mol. The van der Waals surface area contributed by atoms with Crippen LogP contribution in [-0.4, -0.2) is 43.3 Å². The number of carbonyl (C=O) groups excluding carboxylic acids is 1. The van der Waals surface area contributed by atoms with Gasteiger partial charge in [0.05, 0.1) is 12.6 Å². The number of nitrogens with one attached hydrogen (secondary N) is 1. The van der Waals surface area contributed by atoms with E-state index in [0.717, 1.165) is 61.3 Å². The number of hydrogen-bond donors (Lipinski definition) is 1. The summed E-state index contributed by atoms with van der Waals surface area (Å²) in [4.78, 5) is 15.2. The maximum absolute atomic E-state index is 15.2. The molecular formula is C27H33FN2O3. The molecule has 4 aliphatic rings. The summed E-state index contributed by atoms with van der Waals surface area (Å²) in [5.41, 5.74) is 3.06. The molecule has 1 N–H and O–H groups in total. The Balaban J connectivity index is 1.34. The van der Waals surface area contributed by atoms with Gasteiger partial charge in [-0.1, -0.05) is 26.0 Å². The van der Waals surface area contributed by atoms with Gasteiger partial charge in [-0.05, 0) is 91.6 Å². The molecule has 3 heterocycles. The molecule has 3 saturated heterocycles. The van der Waals surface area contributed by atoms with Crippen LogP contribution in [0.15, 0.2) is 36.4 Å². The number of piperidine rings is 3. The maximum atomic E-state index is 15.2. The summed E-state index contributed by atoms with van der Waals surface area (Å²) in [6.45, 7) is 9.78. The zero-order valence-corrected chi connectivity index (χ0v) is 19.7. The van der Waals surface area contributed by atoms with Crippen molar-refractivity contribution in [1.82, 2.24) is 10.2 Å². The Morgan fingerprint density at radius 2 is 1.91 bits per heavy atom. The SMILES string of the molecule is CCOc1ccc(-c2cc3c(cc2F)C(NC(=O)O[C@@H]2CN4CCC2CC4)C(C)(C)C3)cc1. The fraction of sp³-hybridized carbons (Fsp3) is 0.519. The topological polar surface area (TPSA) is 50.8 Å². The Labute approximate surface area is 195 Å². The molecule has 3 fully saturated rings. The van der Waals surface area contributed by atoms with Crippen molar-refractivity contribution in [3.63, 3.8) is 0 Å². The van der Waals surface area contributed by atoms with Crippen LogP contribution in [0, 0.1) is 17.2 Å². The molecule has 2 aromatic carbocycles. The molecule has 1 aliphatic carbocycles. The van der Waals surface area contributed by atoms with Crippen LogP contribution in [0.25, 0.3) is 11.1 Å². The summed E-state index contributed by atoms with van der Waals surface area (Å²) < 4.78 is 26.6. The first kappa shape index (κ1) is 22.2. The van der Waals surface area contributed by atoms with Crippen LogP contribution in [0.4, 0.5) is 9.18 Å². The van der Waals surface area contributed by atoms with Crippen LogP contribution in [0.5, 0.6) is 5.75 Å². The number of amides is 1. The van der Waals surface area contributed by atoms with Crippen LogP contribution in [0.1, 0.15) is 50.8 Å². The second-order valence-corrected chi connectivity index (χ2v) is 10.3. The summed E-state index contributed by atoms with van der Waals surface area (Å²) >= 11 is 0. The molecule has 5 nitrogen and oxygen atoms in total. The predicted molar refractivity (Wildman–Crippen MR) is 126 cm³/mol. The van der Waals surface area contributed by atoms with E-state index in [1.165, 1.54) is 0 Å². The predicted octanol–water partition coefficient (Wildman–Crippen LogP) is 5.34. The number of rotatable bonds is 5. The fourth-order valence-electron chi connectivity index (χ4n) is 5.79. The van der Waals surface area contributed by atoms with Crippen molar-refractivity contribution in [2.75, 3.05) is 26.2 Å². The number of fused-ring (bicyclic) bond motifs is 4. The van der Waals surface area contributed by atoms with E-state index in [1.54, 1.807) is 6.07 Å². The van der Waals surface area contributed by atoms with Crippen LogP contribution >= 0.6 is 0 Å². The summed E-state index contributed by atoms with van der Waals surface area (Å²) in [5.74, 6) is 0.946. The molecule has 33 heavy (non-hydrogen) atoms. The van der Waals surface area contributed by atoms with Gasteiger partial charge in [0, 0.05) is 12.1 Å². The lowest BCUT2D eigenvalue weighted by atomic mass is 9.85. The molecule has 2 bridgehead atoms. The standard InChI is InChI=1S/C27H33FN2O3/c1-4-32-20-7-5-17(6-8-20)21-13-19-15-27(2,3)25(22(19)14-23(21)28)29-26(31)33-24-16-30-11-9-18(24)10-12-30/h5-8,13-14,18,24-25H,4,9-12,15-16H2,1-3H3,(H,29,31)/t24-,25?/m1/s1. The quantitative estimate of drug-likeness (QED) is 0.666. The molecule has 0 saturated carbocycles. The van der Waals surface area contributed by atoms with Crippen molar-refractivity contribution in [2.24, 2.45) is 11.3 Å². The smallest absolute Gasteiger partial charge is 0.407 e.